The lowest BCUT2D eigenvalue weighted by Crippen LogP contribution is -2.26. The predicted octanol–water partition coefficient (Wildman–Crippen LogP) is 3.57. The van der Waals surface area contributed by atoms with E-state index in [0.717, 1.165) is 25.2 Å². The van der Waals surface area contributed by atoms with Crippen LogP contribution >= 0.6 is 0 Å². The van der Waals surface area contributed by atoms with E-state index in [4.69, 9.17) is 0 Å². The quantitative estimate of drug-likeness (QED) is 0.652. The van der Waals surface area contributed by atoms with Crippen LogP contribution < -0.4 is 0 Å². The van der Waals surface area contributed by atoms with Gasteiger partial charge in [0, 0.05) is 12.8 Å². The third kappa shape index (κ3) is 3.50. The van der Waals surface area contributed by atoms with E-state index in [1.807, 2.05) is 0 Å². The molecule has 0 saturated heterocycles. The van der Waals surface area contributed by atoms with Gasteiger partial charge in [-0.25, -0.2) is 0 Å². The summed E-state index contributed by atoms with van der Waals surface area (Å²) in [6.45, 7) is 6.80. The summed E-state index contributed by atoms with van der Waals surface area (Å²) in [5, 5.41) is 0. The molecule has 0 bridgehead atoms. The van der Waals surface area contributed by atoms with Crippen LogP contribution in [0.3, 0.4) is 0 Å². The van der Waals surface area contributed by atoms with Crippen LogP contribution in [0.15, 0.2) is 0 Å². The zero-order valence-corrected chi connectivity index (χ0v) is 9.23. The van der Waals surface area contributed by atoms with Gasteiger partial charge in [0.15, 0.2) is 0 Å². The van der Waals surface area contributed by atoms with Gasteiger partial charge in [-0.15, -0.1) is 0 Å². The fourth-order valence-electron chi connectivity index (χ4n) is 2.22. The van der Waals surface area contributed by atoms with E-state index in [2.05, 4.69) is 20.8 Å². The van der Waals surface area contributed by atoms with Crippen LogP contribution in [0.1, 0.15) is 59.3 Å². The molecule has 1 aliphatic rings. The summed E-state index contributed by atoms with van der Waals surface area (Å²) < 4.78 is 0. The minimum Gasteiger partial charge on any atom is -0.300 e. The molecule has 1 nitrogen and oxygen atoms in total. The molecule has 0 aromatic heterocycles. The second kappa shape index (κ2) is 4.26. The maximum absolute atomic E-state index is 11.3. The van der Waals surface area contributed by atoms with Crippen LogP contribution in [0.4, 0.5) is 0 Å². The molecule has 1 fully saturated rings. The van der Waals surface area contributed by atoms with Gasteiger partial charge in [-0.2, -0.15) is 0 Å². The van der Waals surface area contributed by atoms with Gasteiger partial charge in [0.25, 0.3) is 0 Å². The highest BCUT2D eigenvalue weighted by Crippen LogP contribution is 2.38. The fourth-order valence-corrected chi connectivity index (χ4v) is 2.22. The van der Waals surface area contributed by atoms with Crippen molar-refractivity contribution in [1.82, 2.24) is 0 Å². The van der Waals surface area contributed by atoms with Crippen LogP contribution in [-0.4, -0.2) is 5.78 Å². The number of hydrogen-bond donors (Lipinski definition) is 0. The molecular formula is C12H22O. The van der Waals surface area contributed by atoms with Gasteiger partial charge < -0.3 is 0 Å². The first-order valence-electron chi connectivity index (χ1n) is 5.53. The Balaban J connectivity index is 2.40. The van der Waals surface area contributed by atoms with E-state index in [9.17, 15) is 4.79 Å². The van der Waals surface area contributed by atoms with Crippen molar-refractivity contribution in [2.75, 3.05) is 0 Å². The molecule has 0 N–H and O–H groups in total. The Kier molecular flexibility index (Phi) is 3.52. The van der Waals surface area contributed by atoms with Gasteiger partial charge >= 0.3 is 0 Å². The summed E-state index contributed by atoms with van der Waals surface area (Å²) in [6, 6.07) is 0. The molecule has 1 heteroatoms. The summed E-state index contributed by atoms with van der Waals surface area (Å²) in [6.07, 6.45) is 6.54. The van der Waals surface area contributed by atoms with Crippen LogP contribution in [0, 0.1) is 11.3 Å². The van der Waals surface area contributed by atoms with E-state index >= 15 is 0 Å². The van der Waals surface area contributed by atoms with Gasteiger partial charge in [-0.1, -0.05) is 27.2 Å². The predicted molar refractivity (Wildman–Crippen MR) is 55.7 cm³/mol. The van der Waals surface area contributed by atoms with Gasteiger partial charge in [0.2, 0.25) is 0 Å². The number of carbonyl (C=O) groups excluding carboxylic acids is 1. The average molecular weight is 182 g/mol. The second-order valence-electron chi connectivity index (χ2n) is 5.31. The number of hydrogen-bond acceptors (Lipinski definition) is 1. The topological polar surface area (TPSA) is 17.1 Å². The van der Waals surface area contributed by atoms with E-state index in [1.54, 1.807) is 0 Å². The third-order valence-corrected chi connectivity index (χ3v) is 3.19. The molecule has 0 radical (unpaired) electrons. The molecule has 0 aromatic rings. The fraction of sp³-hybridized carbons (Fsp3) is 0.917. The Morgan fingerprint density at radius 1 is 1.46 bits per heavy atom. The van der Waals surface area contributed by atoms with Gasteiger partial charge in [-0.3, -0.25) is 4.79 Å². The SMILES string of the molecule is CC(C)CCC1(C)CCCC(=O)C1. The molecule has 0 spiro atoms. The van der Waals surface area contributed by atoms with Crippen LogP contribution in [-0.2, 0) is 4.79 Å². The number of rotatable bonds is 3. The number of carbonyl (C=O) groups is 1. The van der Waals surface area contributed by atoms with Crippen molar-refractivity contribution >= 4 is 5.78 Å². The minimum absolute atomic E-state index is 0.333. The summed E-state index contributed by atoms with van der Waals surface area (Å²) >= 11 is 0. The standard InChI is InChI=1S/C12H22O/c1-10(2)6-8-12(3)7-4-5-11(13)9-12/h10H,4-9H2,1-3H3. The highest BCUT2D eigenvalue weighted by molar-refractivity contribution is 5.79. The Bertz CT molecular complexity index is 184. The molecule has 1 aliphatic carbocycles. The lowest BCUT2D eigenvalue weighted by Gasteiger charge is -2.33. The molecule has 1 unspecified atom stereocenters. The normalized spacial score (nSPS) is 29.7. The lowest BCUT2D eigenvalue weighted by atomic mass is 9.71. The van der Waals surface area contributed by atoms with E-state index < -0.39 is 0 Å². The third-order valence-electron chi connectivity index (χ3n) is 3.19. The van der Waals surface area contributed by atoms with Gasteiger partial charge in [0.05, 0.1) is 0 Å². The smallest absolute Gasteiger partial charge is 0.133 e. The van der Waals surface area contributed by atoms with E-state index in [0.29, 0.717) is 11.2 Å². The molecule has 0 heterocycles. The summed E-state index contributed by atoms with van der Waals surface area (Å²) in [4.78, 5) is 11.3. The zero-order chi connectivity index (χ0) is 9.90. The monoisotopic (exact) mass is 182 g/mol. The highest BCUT2D eigenvalue weighted by atomic mass is 16.1. The molecule has 1 atom stereocenters. The Labute approximate surface area is 81.9 Å². The summed E-state index contributed by atoms with van der Waals surface area (Å²) in [5.74, 6) is 1.26. The first-order chi connectivity index (χ1) is 6.02. The maximum atomic E-state index is 11.3. The molecule has 0 aromatic carbocycles. The van der Waals surface area contributed by atoms with Crippen molar-refractivity contribution in [2.45, 2.75) is 59.3 Å². The Morgan fingerprint density at radius 2 is 2.15 bits per heavy atom. The van der Waals surface area contributed by atoms with Crippen molar-refractivity contribution in [3.05, 3.63) is 0 Å². The maximum Gasteiger partial charge on any atom is 0.133 e. The highest BCUT2D eigenvalue weighted by Gasteiger charge is 2.30. The van der Waals surface area contributed by atoms with Crippen molar-refractivity contribution < 1.29 is 4.79 Å². The molecule has 1 rings (SSSR count). The van der Waals surface area contributed by atoms with E-state index in [-0.39, 0.29) is 0 Å². The van der Waals surface area contributed by atoms with Crippen molar-refractivity contribution in [3.8, 4) is 0 Å². The van der Waals surface area contributed by atoms with Crippen LogP contribution in [0.25, 0.3) is 0 Å². The summed E-state index contributed by atoms with van der Waals surface area (Å²) in [5.41, 5.74) is 0.333. The average Bonchev–Trinajstić information content (AvgIpc) is 2.01. The minimum atomic E-state index is 0.333. The molecule has 0 amide bonds. The molecule has 0 aliphatic heterocycles. The molecule has 1 saturated carbocycles. The first kappa shape index (κ1) is 10.7. The largest absolute Gasteiger partial charge is 0.300 e. The van der Waals surface area contributed by atoms with Gasteiger partial charge in [-0.05, 0) is 30.6 Å². The molecular weight excluding hydrogens is 160 g/mol. The van der Waals surface area contributed by atoms with Crippen LogP contribution in [0.5, 0.6) is 0 Å². The van der Waals surface area contributed by atoms with Crippen molar-refractivity contribution in [2.24, 2.45) is 11.3 Å². The summed E-state index contributed by atoms with van der Waals surface area (Å²) in [7, 11) is 0. The lowest BCUT2D eigenvalue weighted by molar-refractivity contribution is -0.123. The van der Waals surface area contributed by atoms with Crippen molar-refractivity contribution in [1.29, 1.82) is 0 Å². The Hall–Kier alpha value is -0.330. The zero-order valence-electron chi connectivity index (χ0n) is 9.23. The molecule has 13 heavy (non-hydrogen) atoms. The van der Waals surface area contributed by atoms with E-state index in [1.165, 1.54) is 19.3 Å². The molecule has 76 valence electrons. The van der Waals surface area contributed by atoms with Gasteiger partial charge in [0.1, 0.15) is 5.78 Å². The number of ketones is 1. The second-order valence-corrected chi connectivity index (χ2v) is 5.31. The number of Topliss-reactive ketones (excluding diaryl/α,β-unsaturated/α-hetero) is 1. The van der Waals surface area contributed by atoms with Crippen LogP contribution in [0.2, 0.25) is 0 Å². The first-order valence-corrected chi connectivity index (χ1v) is 5.53. The van der Waals surface area contributed by atoms with Crippen molar-refractivity contribution in [3.63, 3.8) is 0 Å². The Morgan fingerprint density at radius 3 is 2.69 bits per heavy atom.